The van der Waals surface area contributed by atoms with Gasteiger partial charge < -0.3 is 20.1 Å². The first-order valence-corrected chi connectivity index (χ1v) is 6.95. The number of fused-ring (bicyclic) bond motifs is 1. The molecule has 1 aromatic rings. The zero-order valence-electron chi connectivity index (χ0n) is 11.7. The molecule has 1 saturated carbocycles. The van der Waals surface area contributed by atoms with E-state index in [0.29, 0.717) is 0 Å². The highest BCUT2D eigenvalue weighted by molar-refractivity contribution is 5.45. The molecule has 1 aliphatic carbocycles. The maximum atomic E-state index is 6.42. The Bertz CT molecular complexity index is 469. The zero-order chi connectivity index (χ0) is 13.5. The summed E-state index contributed by atoms with van der Waals surface area (Å²) in [6.07, 6.45) is 3.11. The molecule has 19 heavy (non-hydrogen) atoms. The Balaban J connectivity index is 1.94. The van der Waals surface area contributed by atoms with E-state index in [-0.39, 0.29) is 11.6 Å². The second-order valence-electron chi connectivity index (χ2n) is 5.86. The number of nitrogens with zero attached hydrogens (tertiary/aromatic N) is 1. The van der Waals surface area contributed by atoms with E-state index in [0.717, 1.165) is 44.0 Å². The van der Waals surface area contributed by atoms with Gasteiger partial charge in [-0.05, 0) is 44.6 Å². The third kappa shape index (κ3) is 2.42. The van der Waals surface area contributed by atoms with E-state index in [4.69, 9.17) is 15.2 Å². The second-order valence-corrected chi connectivity index (χ2v) is 5.86. The van der Waals surface area contributed by atoms with Gasteiger partial charge in [0.05, 0.1) is 19.3 Å². The molecule has 2 aliphatic rings. The fraction of sp³-hybridized carbons (Fsp3) is 0.600. The summed E-state index contributed by atoms with van der Waals surface area (Å²) in [5.41, 5.74) is 7.55. The van der Waals surface area contributed by atoms with Crippen LogP contribution in [0.15, 0.2) is 18.2 Å². The van der Waals surface area contributed by atoms with Gasteiger partial charge in [-0.1, -0.05) is 6.07 Å². The molecule has 0 bridgehead atoms. The molecular weight excluding hydrogens is 240 g/mol. The molecule has 0 spiro atoms. The zero-order valence-corrected chi connectivity index (χ0v) is 11.7. The lowest BCUT2D eigenvalue weighted by Crippen LogP contribution is -2.39. The van der Waals surface area contributed by atoms with E-state index in [1.54, 1.807) is 0 Å². The molecule has 4 heteroatoms. The topological polar surface area (TPSA) is 47.7 Å². The molecule has 4 nitrogen and oxygen atoms in total. The van der Waals surface area contributed by atoms with Crippen LogP contribution in [0.3, 0.4) is 0 Å². The van der Waals surface area contributed by atoms with Crippen molar-refractivity contribution >= 4 is 0 Å². The van der Waals surface area contributed by atoms with Crippen molar-refractivity contribution in [1.82, 2.24) is 4.90 Å². The first kappa shape index (κ1) is 12.8. The smallest absolute Gasteiger partial charge is 0.161 e. The molecule has 0 aromatic heterocycles. The van der Waals surface area contributed by atoms with E-state index in [2.05, 4.69) is 31.1 Å². The molecular formula is C15H22N2O2. The molecule has 1 fully saturated rings. The van der Waals surface area contributed by atoms with Gasteiger partial charge >= 0.3 is 0 Å². The number of benzene rings is 1. The van der Waals surface area contributed by atoms with E-state index in [1.807, 2.05) is 6.07 Å². The maximum Gasteiger partial charge on any atom is 0.161 e. The van der Waals surface area contributed by atoms with Crippen LogP contribution in [0.4, 0.5) is 0 Å². The summed E-state index contributed by atoms with van der Waals surface area (Å²) in [5.74, 6) is 1.70. The Kier molecular flexibility index (Phi) is 3.15. The van der Waals surface area contributed by atoms with Crippen molar-refractivity contribution in [2.45, 2.75) is 30.8 Å². The minimum absolute atomic E-state index is 0.0800. The van der Waals surface area contributed by atoms with Gasteiger partial charge in [0.15, 0.2) is 11.5 Å². The minimum atomic E-state index is -0.0800. The highest BCUT2D eigenvalue weighted by Crippen LogP contribution is 2.47. The molecule has 2 N–H and O–H groups in total. The Morgan fingerprint density at radius 1 is 1.16 bits per heavy atom. The molecule has 1 unspecified atom stereocenters. The SMILES string of the molecule is CN(C)C(c1ccc2c(c1)OCCCO2)C1(N)CC1. The first-order valence-electron chi connectivity index (χ1n) is 6.95. The van der Waals surface area contributed by atoms with Crippen molar-refractivity contribution in [3.05, 3.63) is 23.8 Å². The summed E-state index contributed by atoms with van der Waals surface area (Å²) in [4.78, 5) is 2.20. The van der Waals surface area contributed by atoms with Crippen LogP contribution in [0.5, 0.6) is 11.5 Å². The normalized spacial score (nSPS) is 21.9. The number of hydrogen-bond acceptors (Lipinski definition) is 4. The van der Waals surface area contributed by atoms with Gasteiger partial charge in [-0.3, -0.25) is 0 Å². The largest absolute Gasteiger partial charge is 0.490 e. The highest BCUT2D eigenvalue weighted by Gasteiger charge is 2.47. The Labute approximate surface area is 114 Å². The summed E-state index contributed by atoms with van der Waals surface area (Å²) in [7, 11) is 4.17. The van der Waals surface area contributed by atoms with Crippen molar-refractivity contribution in [2.75, 3.05) is 27.3 Å². The van der Waals surface area contributed by atoms with Crippen LogP contribution in [0.2, 0.25) is 0 Å². The molecule has 1 aromatic carbocycles. The van der Waals surface area contributed by atoms with Gasteiger partial charge in [0, 0.05) is 12.0 Å². The third-order valence-electron chi connectivity index (χ3n) is 3.98. The van der Waals surface area contributed by atoms with E-state index in [1.165, 1.54) is 5.56 Å². The quantitative estimate of drug-likeness (QED) is 0.904. The van der Waals surface area contributed by atoms with Crippen molar-refractivity contribution in [2.24, 2.45) is 5.73 Å². The van der Waals surface area contributed by atoms with Crippen LogP contribution in [0.25, 0.3) is 0 Å². The van der Waals surface area contributed by atoms with Gasteiger partial charge in [-0.2, -0.15) is 0 Å². The van der Waals surface area contributed by atoms with Gasteiger partial charge in [0.2, 0.25) is 0 Å². The summed E-state index contributed by atoms with van der Waals surface area (Å²) in [6, 6.07) is 6.46. The first-order chi connectivity index (χ1) is 9.10. The van der Waals surface area contributed by atoms with Crippen LogP contribution < -0.4 is 15.2 Å². The lowest BCUT2D eigenvalue weighted by molar-refractivity contribution is 0.244. The van der Waals surface area contributed by atoms with Crippen LogP contribution in [-0.2, 0) is 0 Å². The standard InChI is InChI=1S/C15H22N2O2/c1-17(2)14(15(16)6-7-15)11-4-5-12-13(10-11)19-9-3-8-18-12/h4-5,10,14H,3,6-9,16H2,1-2H3. The van der Waals surface area contributed by atoms with Crippen LogP contribution in [-0.4, -0.2) is 37.7 Å². The monoisotopic (exact) mass is 262 g/mol. The van der Waals surface area contributed by atoms with E-state index >= 15 is 0 Å². The molecule has 1 atom stereocenters. The maximum absolute atomic E-state index is 6.42. The van der Waals surface area contributed by atoms with Gasteiger partial charge in [0.1, 0.15) is 0 Å². The average molecular weight is 262 g/mol. The fourth-order valence-electron chi connectivity index (χ4n) is 2.91. The summed E-state index contributed by atoms with van der Waals surface area (Å²) < 4.78 is 11.4. The van der Waals surface area contributed by atoms with Gasteiger partial charge in [-0.25, -0.2) is 0 Å². The summed E-state index contributed by atoms with van der Waals surface area (Å²) in [6.45, 7) is 1.45. The number of hydrogen-bond donors (Lipinski definition) is 1. The predicted octanol–water partition coefficient (Wildman–Crippen LogP) is 1.94. The molecule has 1 heterocycles. The van der Waals surface area contributed by atoms with E-state index in [9.17, 15) is 0 Å². The Morgan fingerprint density at radius 2 is 1.84 bits per heavy atom. The van der Waals surface area contributed by atoms with Gasteiger partial charge in [-0.15, -0.1) is 0 Å². The molecule has 0 amide bonds. The van der Waals surface area contributed by atoms with Crippen LogP contribution >= 0.6 is 0 Å². The number of nitrogens with two attached hydrogens (primary N) is 1. The molecule has 0 radical (unpaired) electrons. The highest BCUT2D eigenvalue weighted by atomic mass is 16.5. The summed E-state index contributed by atoms with van der Waals surface area (Å²) >= 11 is 0. The van der Waals surface area contributed by atoms with Gasteiger partial charge in [0.25, 0.3) is 0 Å². The van der Waals surface area contributed by atoms with E-state index < -0.39 is 0 Å². The fourth-order valence-corrected chi connectivity index (χ4v) is 2.91. The molecule has 1 aliphatic heterocycles. The van der Waals surface area contributed by atoms with Crippen molar-refractivity contribution in [3.63, 3.8) is 0 Å². The Hall–Kier alpha value is -1.26. The number of likely N-dealkylation sites (N-methyl/N-ethyl adjacent to an activating group) is 1. The second kappa shape index (κ2) is 4.69. The van der Waals surface area contributed by atoms with Crippen molar-refractivity contribution in [1.29, 1.82) is 0 Å². The third-order valence-corrected chi connectivity index (χ3v) is 3.98. The lowest BCUT2D eigenvalue weighted by Gasteiger charge is -2.31. The molecule has 3 rings (SSSR count). The molecule has 104 valence electrons. The Morgan fingerprint density at radius 3 is 2.47 bits per heavy atom. The summed E-state index contributed by atoms with van der Waals surface area (Å²) in [5, 5.41) is 0. The number of rotatable bonds is 3. The lowest BCUT2D eigenvalue weighted by atomic mass is 9.96. The molecule has 0 saturated heterocycles. The van der Waals surface area contributed by atoms with Crippen molar-refractivity contribution in [3.8, 4) is 11.5 Å². The number of ether oxygens (including phenoxy) is 2. The average Bonchev–Trinajstić information content (AvgIpc) is 3.12. The van der Waals surface area contributed by atoms with Crippen LogP contribution in [0.1, 0.15) is 30.9 Å². The predicted molar refractivity (Wildman–Crippen MR) is 74.6 cm³/mol. The minimum Gasteiger partial charge on any atom is -0.490 e. The van der Waals surface area contributed by atoms with Crippen molar-refractivity contribution < 1.29 is 9.47 Å². The van der Waals surface area contributed by atoms with Crippen LogP contribution in [0, 0.1) is 0 Å².